The van der Waals surface area contributed by atoms with E-state index in [4.69, 9.17) is 16.0 Å². The number of halogens is 1. The van der Waals surface area contributed by atoms with Crippen LogP contribution < -0.4 is 5.43 Å². The summed E-state index contributed by atoms with van der Waals surface area (Å²) in [5.41, 5.74) is 4.13. The summed E-state index contributed by atoms with van der Waals surface area (Å²) in [6.45, 7) is 3.74. The van der Waals surface area contributed by atoms with E-state index in [0.717, 1.165) is 11.3 Å². The van der Waals surface area contributed by atoms with Crippen molar-refractivity contribution in [3.63, 3.8) is 0 Å². The molecule has 1 N–H and O–H groups in total. The number of hydrogen-bond donors (Lipinski definition) is 1. The summed E-state index contributed by atoms with van der Waals surface area (Å²) in [5, 5.41) is 4.77. The third kappa shape index (κ3) is 3.48. The number of amides is 1. The molecule has 5 heteroatoms. The molecule has 0 saturated heterocycles. The Morgan fingerprint density at radius 1 is 1.35 bits per heavy atom. The highest BCUT2D eigenvalue weighted by Crippen LogP contribution is 2.13. The van der Waals surface area contributed by atoms with Gasteiger partial charge in [0.05, 0.1) is 5.71 Å². The number of nitrogens with zero attached hydrogens (tertiary/aromatic N) is 1. The minimum atomic E-state index is -0.369. The van der Waals surface area contributed by atoms with Gasteiger partial charge in [-0.05, 0) is 43.2 Å². The number of benzene rings is 1. The molecule has 1 aromatic carbocycles. The molecule has 0 aliphatic rings. The van der Waals surface area contributed by atoms with Gasteiger partial charge in [0, 0.05) is 5.02 Å². The molecule has 0 saturated carbocycles. The zero-order chi connectivity index (χ0) is 14.5. The zero-order valence-electron chi connectivity index (χ0n) is 11.3. The molecule has 1 heterocycles. The van der Waals surface area contributed by atoms with Crippen LogP contribution in [0, 0.1) is 6.92 Å². The van der Waals surface area contributed by atoms with Crippen LogP contribution in [0.2, 0.25) is 5.02 Å². The molecular weight excluding hydrogens is 276 g/mol. The van der Waals surface area contributed by atoms with Crippen LogP contribution >= 0.6 is 11.6 Å². The Morgan fingerprint density at radius 3 is 2.75 bits per heavy atom. The first-order chi connectivity index (χ1) is 9.60. The first-order valence-electron chi connectivity index (χ1n) is 6.29. The number of hydrazone groups is 1. The van der Waals surface area contributed by atoms with Crippen molar-refractivity contribution in [1.29, 1.82) is 0 Å². The molecule has 2 rings (SSSR count). The predicted octanol–water partition coefficient (Wildman–Crippen LogP) is 3.79. The number of carbonyl (C=O) groups is 1. The number of furan rings is 1. The second-order valence-electron chi connectivity index (χ2n) is 4.27. The molecule has 0 fully saturated rings. The van der Waals surface area contributed by atoms with E-state index in [9.17, 15) is 4.79 Å². The van der Waals surface area contributed by atoms with E-state index in [-0.39, 0.29) is 11.7 Å². The first-order valence-corrected chi connectivity index (χ1v) is 6.67. The highest BCUT2D eigenvalue weighted by Gasteiger charge is 2.09. The van der Waals surface area contributed by atoms with Gasteiger partial charge in [0.1, 0.15) is 5.76 Å². The summed E-state index contributed by atoms with van der Waals surface area (Å²) in [5.74, 6) is 0.559. The summed E-state index contributed by atoms with van der Waals surface area (Å²) < 4.78 is 5.23. The van der Waals surface area contributed by atoms with Crippen molar-refractivity contribution < 1.29 is 9.21 Å². The molecule has 1 aromatic heterocycles. The molecule has 20 heavy (non-hydrogen) atoms. The van der Waals surface area contributed by atoms with E-state index >= 15 is 0 Å². The van der Waals surface area contributed by atoms with Gasteiger partial charge in [-0.15, -0.1) is 0 Å². The zero-order valence-corrected chi connectivity index (χ0v) is 12.1. The lowest BCUT2D eigenvalue weighted by molar-refractivity contribution is 0.0926. The maximum atomic E-state index is 11.8. The number of aryl methyl sites for hydroxylation is 1. The van der Waals surface area contributed by atoms with Crippen LogP contribution in [0.5, 0.6) is 0 Å². The summed E-state index contributed by atoms with van der Waals surface area (Å²) in [7, 11) is 0. The van der Waals surface area contributed by atoms with Crippen LogP contribution in [-0.4, -0.2) is 11.6 Å². The Balaban J connectivity index is 2.14. The highest BCUT2D eigenvalue weighted by atomic mass is 35.5. The fourth-order valence-corrected chi connectivity index (χ4v) is 1.94. The standard InChI is InChI=1S/C15H15ClN2O2/c1-3-13(11-5-4-6-12(16)9-11)17-18-15(19)14-8-7-10(2)20-14/h4-9H,3H2,1-2H3,(H,18,19)/b17-13+. The largest absolute Gasteiger partial charge is 0.456 e. The van der Waals surface area contributed by atoms with Crippen molar-refractivity contribution in [3.05, 3.63) is 58.5 Å². The highest BCUT2D eigenvalue weighted by molar-refractivity contribution is 6.31. The maximum Gasteiger partial charge on any atom is 0.307 e. The van der Waals surface area contributed by atoms with Gasteiger partial charge in [-0.1, -0.05) is 30.7 Å². The molecule has 0 spiro atoms. The maximum absolute atomic E-state index is 11.8. The summed E-state index contributed by atoms with van der Waals surface area (Å²) in [6, 6.07) is 10.7. The van der Waals surface area contributed by atoms with Crippen LogP contribution in [0.1, 0.15) is 35.2 Å². The normalized spacial score (nSPS) is 11.4. The molecule has 0 unspecified atom stereocenters. The molecule has 104 valence electrons. The molecule has 0 bridgehead atoms. The van der Waals surface area contributed by atoms with Crippen LogP contribution in [0.4, 0.5) is 0 Å². The van der Waals surface area contributed by atoms with Crippen molar-refractivity contribution >= 4 is 23.2 Å². The minimum absolute atomic E-state index is 0.243. The van der Waals surface area contributed by atoms with E-state index in [0.29, 0.717) is 17.2 Å². The fourth-order valence-electron chi connectivity index (χ4n) is 1.75. The third-order valence-electron chi connectivity index (χ3n) is 2.75. The second-order valence-corrected chi connectivity index (χ2v) is 4.71. The molecular formula is C15H15ClN2O2. The first kappa shape index (κ1) is 14.3. The molecule has 4 nitrogen and oxygen atoms in total. The minimum Gasteiger partial charge on any atom is -0.456 e. The number of rotatable bonds is 4. The molecule has 2 aromatic rings. The van der Waals surface area contributed by atoms with E-state index in [1.54, 1.807) is 25.1 Å². The average molecular weight is 291 g/mol. The average Bonchev–Trinajstić information content (AvgIpc) is 2.86. The van der Waals surface area contributed by atoms with Gasteiger partial charge in [0.15, 0.2) is 5.76 Å². The predicted molar refractivity (Wildman–Crippen MR) is 79.2 cm³/mol. The van der Waals surface area contributed by atoms with Crippen molar-refractivity contribution in [2.45, 2.75) is 20.3 Å². The third-order valence-corrected chi connectivity index (χ3v) is 2.98. The van der Waals surface area contributed by atoms with Crippen molar-refractivity contribution in [2.24, 2.45) is 5.10 Å². The van der Waals surface area contributed by atoms with Gasteiger partial charge in [-0.3, -0.25) is 4.79 Å². The van der Waals surface area contributed by atoms with E-state index < -0.39 is 0 Å². The van der Waals surface area contributed by atoms with E-state index in [1.807, 2.05) is 25.1 Å². The van der Waals surface area contributed by atoms with Crippen molar-refractivity contribution in [3.8, 4) is 0 Å². The van der Waals surface area contributed by atoms with Crippen LogP contribution in [0.25, 0.3) is 0 Å². The fraction of sp³-hybridized carbons (Fsp3) is 0.200. The number of carbonyl (C=O) groups excluding carboxylic acids is 1. The van der Waals surface area contributed by atoms with Gasteiger partial charge >= 0.3 is 5.91 Å². The summed E-state index contributed by atoms with van der Waals surface area (Å²) in [6.07, 6.45) is 0.678. The lowest BCUT2D eigenvalue weighted by Gasteiger charge is -2.05. The van der Waals surface area contributed by atoms with E-state index in [2.05, 4.69) is 10.5 Å². The van der Waals surface area contributed by atoms with Crippen LogP contribution in [0.15, 0.2) is 45.9 Å². The van der Waals surface area contributed by atoms with Crippen LogP contribution in [0.3, 0.4) is 0 Å². The monoisotopic (exact) mass is 290 g/mol. The second kappa shape index (κ2) is 6.39. The number of nitrogens with one attached hydrogen (secondary N) is 1. The SMILES string of the molecule is CC/C(=N\NC(=O)c1ccc(C)o1)c1cccc(Cl)c1. The quantitative estimate of drug-likeness (QED) is 0.688. The Hall–Kier alpha value is -2.07. The molecule has 0 radical (unpaired) electrons. The summed E-state index contributed by atoms with van der Waals surface area (Å²) in [4.78, 5) is 11.8. The van der Waals surface area contributed by atoms with Crippen LogP contribution in [-0.2, 0) is 0 Å². The smallest absolute Gasteiger partial charge is 0.307 e. The lowest BCUT2D eigenvalue weighted by Crippen LogP contribution is -2.19. The van der Waals surface area contributed by atoms with Crippen molar-refractivity contribution in [1.82, 2.24) is 5.43 Å². The van der Waals surface area contributed by atoms with Gasteiger partial charge in [-0.2, -0.15) is 5.10 Å². The topological polar surface area (TPSA) is 54.6 Å². The van der Waals surface area contributed by atoms with Crippen molar-refractivity contribution in [2.75, 3.05) is 0 Å². The Labute approximate surface area is 122 Å². The Morgan fingerprint density at radius 2 is 2.15 bits per heavy atom. The van der Waals surface area contributed by atoms with Gasteiger partial charge < -0.3 is 4.42 Å². The summed E-state index contributed by atoms with van der Waals surface area (Å²) >= 11 is 5.95. The molecule has 0 aliphatic heterocycles. The molecule has 1 amide bonds. The Bertz CT molecular complexity index is 647. The lowest BCUT2D eigenvalue weighted by atomic mass is 10.1. The Kier molecular flexibility index (Phi) is 4.58. The molecule has 0 aliphatic carbocycles. The van der Waals surface area contributed by atoms with Gasteiger partial charge in [0.25, 0.3) is 0 Å². The van der Waals surface area contributed by atoms with E-state index in [1.165, 1.54) is 0 Å². The van der Waals surface area contributed by atoms with Gasteiger partial charge in [0.2, 0.25) is 0 Å². The molecule has 0 atom stereocenters. The number of hydrogen-bond acceptors (Lipinski definition) is 3. The van der Waals surface area contributed by atoms with Gasteiger partial charge in [-0.25, -0.2) is 5.43 Å².